The zero-order chi connectivity index (χ0) is 19.1. The van der Waals surface area contributed by atoms with Crippen LogP contribution >= 0.6 is 11.6 Å². The Morgan fingerprint density at radius 1 is 1.12 bits per heavy atom. The molecule has 0 fully saturated rings. The summed E-state index contributed by atoms with van der Waals surface area (Å²) in [6, 6.07) is 10.2. The van der Waals surface area contributed by atoms with Crippen molar-refractivity contribution >= 4 is 29.2 Å². The molecule has 138 valence electrons. The molecule has 3 amide bonds. The maximum absolute atomic E-state index is 13.1. The fourth-order valence-electron chi connectivity index (χ4n) is 2.17. The lowest BCUT2D eigenvalue weighted by Crippen LogP contribution is -2.29. The topological polar surface area (TPSA) is 70.2 Å². The third kappa shape index (κ3) is 6.04. The van der Waals surface area contributed by atoms with Crippen molar-refractivity contribution < 1.29 is 14.0 Å². The lowest BCUT2D eigenvalue weighted by molar-refractivity contribution is 0.0949. The lowest BCUT2D eigenvalue weighted by atomic mass is 10.1. The predicted molar refractivity (Wildman–Crippen MR) is 101 cm³/mol. The summed E-state index contributed by atoms with van der Waals surface area (Å²) in [6.07, 6.45) is 0. The molecule has 0 aromatic heterocycles. The average Bonchev–Trinajstić information content (AvgIpc) is 2.58. The van der Waals surface area contributed by atoms with Crippen molar-refractivity contribution in [2.24, 2.45) is 5.92 Å². The van der Waals surface area contributed by atoms with E-state index in [1.807, 2.05) is 13.8 Å². The van der Waals surface area contributed by atoms with Crippen LogP contribution in [0.3, 0.4) is 0 Å². The van der Waals surface area contributed by atoms with E-state index in [9.17, 15) is 14.0 Å². The van der Waals surface area contributed by atoms with Gasteiger partial charge in [0.15, 0.2) is 0 Å². The van der Waals surface area contributed by atoms with Crippen LogP contribution in [0, 0.1) is 11.7 Å². The van der Waals surface area contributed by atoms with Gasteiger partial charge in [0.1, 0.15) is 5.82 Å². The summed E-state index contributed by atoms with van der Waals surface area (Å²) >= 11 is 6.14. The second-order valence-electron chi connectivity index (χ2n) is 6.24. The molecule has 2 aromatic carbocycles. The second-order valence-corrected chi connectivity index (χ2v) is 6.64. The van der Waals surface area contributed by atoms with Crippen LogP contribution in [0.2, 0.25) is 5.02 Å². The summed E-state index contributed by atoms with van der Waals surface area (Å²) in [5.74, 6) is -0.283. The standard InChI is InChI=1S/C19H21ClFN3O2/c1-12(2)10-22-18(25)16-7-6-15(9-17(16)20)24-19(26)23-11-13-4-3-5-14(21)8-13/h3-9,12H,10-11H2,1-2H3,(H,22,25)(H2,23,24,26). The van der Waals surface area contributed by atoms with Gasteiger partial charge in [0.25, 0.3) is 5.91 Å². The largest absolute Gasteiger partial charge is 0.352 e. The summed E-state index contributed by atoms with van der Waals surface area (Å²) in [7, 11) is 0. The van der Waals surface area contributed by atoms with Gasteiger partial charge in [-0.05, 0) is 41.8 Å². The minimum absolute atomic E-state index is 0.188. The highest BCUT2D eigenvalue weighted by atomic mass is 35.5. The Morgan fingerprint density at radius 3 is 2.54 bits per heavy atom. The monoisotopic (exact) mass is 377 g/mol. The molecule has 0 heterocycles. The molecule has 0 spiro atoms. The fraction of sp³-hybridized carbons (Fsp3) is 0.263. The first-order chi connectivity index (χ1) is 12.3. The van der Waals surface area contributed by atoms with E-state index >= 15 is 0 Å². The molecule has 0 unspecified atom stereocenters. The number of carbonyl (C=O) groups excluding carboxylic acids is 2. The van der Waals surface area contributed by atoms with Gasteiger partial charge < -0.3 is 16.0 Å². The lowest BCUT2D eigenvalue weighted by Gasteiger charge is -2.11. The summed E-state index contributed by atoms with van der Waals surface area (Å²) in [5, 5.41) is 8.28. The Hall–Kier alpha value is -2.60. The number of amides is 3. The summed E-state index contributed by atoms with van der Waals surface area (Å²) in [4.78, 5) is 24.0. The molecule has 0 bridgehead atoms. The first kappa shape index (κ1) is 19.7. The van der Waals surface area contributed by atoms with Crippen LogP contribution in [-0.4, -0.2) is 18.5 Å². The molecule has 0 radical (unpaired) electrons. The van der Waals surface area contributed by atoms with E-state index < -0.39 is 6.03 Å². The molecule has 0 atom stereocenters. The van der Waals surface area contributed by atoms with Gasteiger partial charge in [0.05, 0.1) is 10.6 Å². The van der Waals surface area contributed by atoms with E-state index in [4.69, 9.17) is 11.6 Å². The molecule has 3 N–H and O–H groups in total. The van der Waals surface area contributed by atoms with E-state index in [1.54, 1.807) is 24.3 Å². The zero-order valence-corrected chi connectivity index (χ0v) is 15.4. The predicted octanol–water partition coefficient (Wildman–Crippen LogP) is 4.19. The van der Waals surface area contributed by atoms with Crippen molar-refractivity contribution in [1.82, 2.24) is 10.6 Å². The van der Waals surface area contributed by atoms with Crippen molar-refractivity contribution in [3.63, 3.8) is 0 Å². The Kier molecular flexibility index (Phi) is 6.97. The second kappa shape index (κ2) is 9.20. The first-order valence-corrected chi connectivity index (χ1v) is 8.60. The van der Waals surface area contributed by atoms with E-state index in [2.05, 4.69) is 16.0 Å². The van der Waals surface area contributed by atoms with Crippen molar-refractivity contribution in [3.8, 4) is 0 Å². The van der Waals surface area contributed by atoms with Gasteiger partial charge in [0, 0.05) is 18.8 Å². The molecule has 26 heavy (non-hydrogen) atoms. The van der Waals surface area contributed by atoms with Crippen molar-refractivity contribution in [2.75, 3.05) is 11.9 Å². The minimum Gasteiger partial charge on any atom is -0.352 e. The van der Waals surface area contributed by atoms with Crippen LogP contribution in [0.25, 0.3) is 0 Å². The first-order valence-electron chi connectivity index (χ1n) is 8.22. The molecular formula is C19H21ClFN3O2. The van der Waals surface area contributed by atoms with Crippen LogP contribution in [0.5, 0.6) is 0 Å². The van der Waals surface area contributed by atoms with Crippen LogP contribution in [0.1, 0.15) is 29.8 Å². The molecule has 5 nitrogen and oxygen atoms in total. The number of carbonyl (C=O) groups is 2. The Morgan fingerprint density at radius 2 is 1.88 bits per heavy atom. The van der Waals surface area contributed by atoms with E-state index in [0.717, 1.165) is 0 Å². The summed E-state index contributed by atoms with van der Waals surface area (Å²) in [5.41, 5.74) is 1.44. The molecule has 0 aliphatic carbocycles. The normalized spacial score (nSPS) is 10.5. The maximum atomic E-state index is 13.1. The van der Waals surface area contributed by atoms with E-state index in [1.165, 1.54) is 18.2 Å². The number of hydrogen-bond acceptors (Lipinski definition) is 2. The van der Waals surface area contributed by atoms with Gasteiger partial charge in [-0.1, -0.05) is 37.6 Å². The molecule has 0 saturated heterocycles. The van der Waals surface area contributed by atoms with Crippen molar-refractivity contribution in [2.45, 2.75) is 20.4 Å². The molecule has 0 saturated carbocycles. The Balaban J connectivity index is 1.92. The number of nitrogens with one attached hydrogen (secondary N) is 3. The average molecular weight is 378 g/mol. The quantitative estimate of drug-likeness (QED) is 0.706. The number of halogens is 2. The van der Waals surface area contributed by atoms with Gasteiger partial charge >= 0.3 is 6.03 Å². The highest BCUT2D eigenvalue weighted by Crippen LogP contribution is 2.21. The van der Waals surface area contributed by atoms with Gasteiger partial charge in [0.2, 0.25) is 0 Å². The number of benzene rings is 2. The molecular weight excluding hydrogens is 357 g/mol. The smallest absolute Gasteiger partial charge is 0.319 e. The Labute approximate surface area is 156 Å². The van der Waals surface area contributed by atoms with Gasteiger partial charge in [-0.2, -0.15) is 0 Å². The number of rotatable bonds is 6. The van der Waals surface area contributed by atoms with E-state index in [0.29, 0.717) is 29.3 Å². The third-order valence-corrected chi connectivity index (χ3v) is 3.80. The third-order valence-electron chi connectivity index (χ3n) is 3.48. The maximum Gasteiger partial charge on any atom is 0.319 e. The SMILES string of the molecule is CC(C)CNC(=O)c1ccc(NC(=O)NCc2cccc(F)c2)cc1Cl. The van der Waals surface area contributed by atoms with Crippen LogP contribution < -0.4 is 16.0 Å². The van der Waals surface area contributed by atoms with Crippen LogP contribution in [0.4, 0.5) is 14.9 Å². The molecule has 2 aromatic rings. The number of urea groups is 1. The zero-order valence-electron chi connectivity index (χ0n) is 14.6. The number of hydrogen-bond donors (Lipinski definition) is 3. The molecule has 0 aliphatic rings. The van der Waals surface area contributed by atoms with Gasteiger partial charge in [-0.3, -0.25) is 4.79 Å². The Bertz CT molecular complexity index is 796. The van der Waals surface area contributed by atoms with Gasteiger partial charge in [-0.15, -0.1) is 0 Å². The van der Waals surface area contributed by atoms with E-state index in [-0.39, 0.29) is 23.3 Å². The number of anilines is 1. The molecule has 7 heteroatoms. The summed E-state index contributed by atoms with van der Waals surface area (Å²) < 4.78 is 13.1. The minimum atomic E-state index is -0.456. The summed E-state index contributed by atoms with van der Waals surface area (Å²) in [6.45, 7) is 4.74. The molecule has 2 rings (SSSR count). The van der Waals surface area contributed by atoms with Crippen molar-refractivity contribution in [1.29, 1.82) is 0 Å². The van der Waals surface area contributed by atoms with Crippen LogP contribution in [-0.2, 0) is 6.54 Å². The highest BCUT2D eigenvalue weighted by molar-refractivity contribution is 6.34. The molecule has 0 aliphatic heterocycles. The highest BCUT2D eigenvalue weighted by Gasteiger charge is 2.12. The fourth-order valence-corrected chi connectivity index (χ4v) is 2.44. The van der Waals surface area contributed by atoms with Gasteiger partial charge in [-0.25, -0.2) is 9.18 Å². The van der Waals surface area contributed by atoms with Crippen molar-refractivity contribution in [3.05, 3.63) is 64.4 Å². The van der Waals surface area contributed by atoms with Crippen LogP contribution in [0.15, 0.2) is 42.5 Å².